The molecule has 6 heteroatoms. The van der Waals surface area contributed by atoms with Crippen LogP contribution in [0.2, 0.25) is 0 Å². The van der Waals surface area contributed by atoms with Crippen molar-refractivity contribution < 1.29 is 8.42 Å². The Morgan fingerprint density at radius 3 is 2.25 bits per heavy atom. The van der Waals surface area contributed by atoms with E-state index in [0.717, 1.165) is 4.47 Å². The van der Waals surface area contributed by atoms with Crippen LogP contribution >= 0.6 is 31.9 Å². The Balaban J connectivity index is 2.97. The molecule has 0 amide bonds. The van der Waals surface area contributed by atoms with Gasteiger partial charge in [-0.15, -0.1) is 0 Å². The summed E-state index contributed by atoms with van der Waals surface area (Å²) in [6, 6.07) is 6.63. The van der Waals surface area contributed by atoms with Gasteiger partial charge >= 0.3 is 0 Å². The van der Waals surface area contributed by atoms with Crippen molar-refractivity contribution in [1.29, 1.82) is 0 Å². The second-order valence-corrected chi connectivity index (χ2v) is 8.04. The molecule has 0 spiro atoms. The van der Waals surface area contributed by atoms with Crippen LogP contribution in [0.5, 0.6) is 0 Å². The van der Waals surface area contributed by atoms with Crippen molar-refractivity contribution in [2.45, 2.75) is 16.6 Å². The molecule has 1 rings (SSSR count). The fraction of sp³-hybridized carbons (Fsp3) is 0.400. The Hall–Kier alpha value is 0.0900. The molecule has 1 aromatic rings. The molecule has 0 N–H and O–H groups in total. The predicted octanol–water partition coefficient (Wildman–Crippen LogP) is 2.85. The van der Waals surface area contributed by atoms with Gasteiger partial charge in [0.25, 0.3) is 0 Å². The number of hydrogen-bond acceptors (Lipinski definition) is 2. The standard InChI is InChI=1S/C10H13Br2NO2S/c1-8(11)7-13(2)16(14,15)10-5-3-9(12)4-6-10/h3-6,8H,7H2,1-2H3. The zero-order valence-electron chi connectivity index (χ0n) is 9.02. The first-order valence-corrected chi connectivity index (χ1v) is 7.85. The summed E-state index contributed by atoms with van der Waals surface area (Å²) in [6.45, 7) is 2.35. The quantitative estimate of drug-likeness (QED) is 0.764. The summed E-state index contributed by atoms with van der Waals surface area (Å²) in [5.41, 5.74) is 0. The molecule has 0 fully saturated rings. The van der Waals surface area contributed by atoms with E-state index in [-0.39, 0.29) is 4.83 Å². The molecule has 16 heavy (non-hydrogen) atoms. The van der Waals surface area contributed by atoms with Crippen LogP contribution in [0.4, 0.5) is 0 Å². The van der Waals surface area contributed by atoms with Crippen LogP contribution in [0.15, 0.2) is 33.6 Å². The van der Waals surface area contributed by atoms with Crippen molar-refractivity contribution in [2.75, 3.05) is 13.6 Å². The maximum absolute atomic E-state index is 12.1. The monoisotopic (exact) mass is 369 g/mol. The average Bonchev–Trinajstić information content (AvgIpc) is 2.17. The van der Waals surface area contributed by atoms with Gasteiger partial charge in [0, 0.05) is 22.9 Å². The summed E-state index contributed by atoms with van der Waals surface area (Å²) >= 11 is 6.61. The zero-order chi connectivity index (χ0) is 12.3. The van der Waals surface area contributed by atoms with E-state index in [1.54, 1.807) is 31.3 Å². The van der Waals surface area contributed by atoms with Crippen LogP contribution in [-0.2, 0) is 10.0 Å². The van der Waals surface area contributed by atoms with E-state index in [0.29, 0.717) is 11.4 Å². The fourth-order valence-corrected chi connectivity index (χ4v) is 3.39. The lowest BCUT2D eigenvalue weighted by molar-refractivity contribution is 0.473. The second kappa shape index (κ2) is 5.62. The van der Waals surface area contributed by atoms with Gasteiger partial charge in [-0.25, -0.2) is 8.42 Å². The number of nitrogens with zero attached hydrogens (tertiary/aromatic N) is 1. The van der Waals surface area contributed by atoms with E-state index in [9.17, 15) is 8.42 Å². The Labute approximate surface area is 113 Å². The summed E-state index contributed by atoms with van der Waals surface area (Å²) in [4.78, 5) is 0.439. The molecule has 1 aromatic carbocycles. The van der Waals surface area contributed by atoms with Gasteiger partial charge in [0.1, 0.15) is 0 Å². The third-order valence-corrected chi connectivity index (χ3v) is 4.69. The van der Waals surface area contributed by atoms with E-state index in [1.807, 2.05) is 6.92 Å². The highest BCUT2D eigenvalue weighted by atomic mass is 79.9. The van der Waals surface area contributed by atoms with Crippen LogP contribution in [0.25, 0.3) is 0 Å². The van der Waals surface area contributed by atoms with E-state index >= 15 is 0 Å². The van der Waals surface area contributed by atoms with E-state index in [1.165, 1.54) is 4.31 Å². The number of rotatable bonds is 4. The molecular formula is C10H13Br2NO2S. The Bertz CT molecular complexity index is 442. The van der Waals surface area contributed by atoms with Crippen LogP contribution in [0.1, 0.15) is 6.92 Å². The van der Waals surface area contributed by atoms with Gasteiger partial charge in [-0.2, -0.15) is 4.31 Å². The van der Waals surface area contributed by atoms with Crippen LogP contribution < -0.4 is 0 Å². The summed E-state index contributed by atoms with van der Waals surface area (Å²) in [5.74, 6) is 0. The molecule has 0 bridgehead atoms. The van der Waals surface area contributed by atoms with Gasteiger partial charge in [-0.1, -0.05) is 38.8 Å². The summed E-state index contributed by atoms with van der Waals surface area (Å²) in [5, 5.41) is 0. The average molecular weight is 371 g/mol. The SMILES string of the molecule is CC(Br)CN(C)S(=O)(=O)c1ccc(Br)cc1. The molecule has 0 radical (unpaired) electrons. The number of alkyl halides is 1. The predicted molar refractivity (Wildman–Crippen MR) is 72.3 cm³/mol. The topological polar surface area (TPSA) is 37.4 Å². The molecule has 0 aromatic heterocycles. The molecule has 0 saturated carbocycles. The molecule has 1 unspecified atom stereocenters. The van der Waals surface area contributed by atoms with Crippen molar-refractivity contribution in [3.05, 3.63) is 28.7 Å². The minimum atomic E-state index is -3.37. The highest BCUT2D eigenvalue weighted by molar-refractivity contribution is 9.10. The van der Waals surface area contributed by atoms with Gasteiger partial charge in [-0.05, 0) is 24.3 Å². The second-order valence-electron chi connectivity index (χ2n) is 3.52. The van der Waals surface area contributed by atoms with Crippen LogP contribution in [-0.4, -0.2) is 31.1 Å². The smallest absolute Gasteiger partial charge is 0.207 e. The molecule has 0 aliphatic heterocycles. The lowest BCUT2D eigenvalue weighted by Gasteiger charge is -2.18. The number of sulfonamides is 1. The third kappa shape index (κ3) is 3.55. The lowest BCUT2D eigenvalue weighted by atomic mass is 10.4. The highest BCUT2D eigenvalue weighted by Crippen LogP contribution is 2.18. The van der Waals surface area contributed by atoms with E-state index in [4.69, 9.17) is 0 Å². The molecule has 1 atom stereocenters. The highest BCUT2D eigenvalue weighted by Gasteiger charge is 2.21. The molecule has 90 valence electrons. The molecule has 0 aliphatic carbocycles. The zero-order valence-corrected chi connectivity index (χ0v) is 13.0. The number of hydrogen-bond donors (Lipinski definition) is 0. The third-order valence-electron chi connectivity index (χ3n) is 2.03. The molecule has 0 saturated heterocycles. The normalized spacial score (nSPS) is 14.1. The van der Waals surface area contributed by atoms with Crippen LogP contribution in [0.3, 0.4) is 0 Å². The van der Waals surface area contributed by atoms with Crippen LogP contribution in [0, 0.1) is 0 Å². The van der Waals surface area contributed by atoms with Crippen molar-refractivity contribution >= 4 is 41.9 Å². The maximum Gasteiger partial charge on any atom is 0.242 e. The summed E-state index contributed by atoms with van der Waals surface area (Å²) < 4.78 is 26.3. The van der Waals surface area contributed by atoms with E-state index < -0.39 is 10.0 Å². The molecular weight excluding hydrogens is 358 g/mol. The van der Waals surface area contributed by atoms with Crippen molar-refractivity contribution in [3.63, 3.8) is 0 Å². The molecule has 0 aliphatic rings. The molecule has 3 nitrogen and oxygen atoms in total. The maximum atomic E-state index is 12.1. The van der Waals surface area contributed by atoms with Gasteiger partial charge in [0.05, 0.1) is 4.90 Å². The Morgan fingerprint density at radius 1 is 1.31 bits per heavy atom. The first-order chi connectivity index (χ1) is 7.34. The van der Waals surface area contributed by atoms with Crippen molar-refractivity contribution in [3.8, 4) is 0 Å². The minimum absolute atomic E-state index is 0.128. The first-order valence-electron chi connectivity index (χ1n) is 4.70. The lowest BCUT2D eigenvalue weighted by Crippen LogP contribution is -2.31. The Morgan fingerprint density at radius 2 is 1.81 bits per heavy atom. The van der Waals surface area contributed by atoms with E-state index in [2.05, 4.69) is 31.9 Å². The summed E-state index contributed by atoms with van der Waals surface area (Å²) in [6.07, 6.45) is 0. The van der Waals surface area contributed by atoms with Gasteiger partial charge in [0.2, 0.25) is 10.0 Å². The fourth-order valence-electron chi connectivity index (χ4n) is 1.24. The van der Waals surface area contributed by atoms with Gasteiger partial charge < -0.3 is 0 Å². The van der Waals surface area contributed by atoms with Crippen molar-refractivity contribution in [1.82, 2.24) is 4.31 Å². The number of benzene rings is 1. The van der Waals surface area contributed by atoms with Crippen molar-refractivity contribution in [2.24, 2.45) is 0 Å². The largest absolute Gasteiger partial charge is 0.242 e. The van der Waals surface area contributed by atoms with Gasteiger partial charge in [0.15, 0.2) is 0 Å². The number of halogens is 2. The van der Waals surface area contributed by atoms with Gasteiger partial charge in [-0.3, -0.25) is 0 Å². The molecule has 0 heterocycles. The minimum Gasteiger partial charge on any atom is -0.207 e. The Kier molecular flexibility index (Phi) is 4.97. The first kappa shape index (κ1) is 14.2. The summed E-state index contributed by atoms with van der Waals surface area (Å²) in [7, 11) is -1.79.